The third-order valence-electron chi connectivity index (χ3n) is 7.15. The molecule has 1 amide bonds. The smallest absolute Gasteiger partial charge is 0.220 e. The highest BCUT2D eigenvalue weighted by atomic mass is 16.3. The average Bonchev–Trinajstić information content (AvgIpc) is 2.92. The molecule has 0 aromatic rings. The van der Waals surface area contributed by atoms with E-state index in [2.05, 4.69) is 37.4 Å². The van der Waals surface area contributed by atoms with Gasteiger partial charge in [-0.1, -0.05) is 140 Å². The average molecular weight is 534 g/mol. The van der Waals surface area contributed by atoms with E-state index in [0.717, 1.165) is 19.3 Å². The Hall–Kier alpha value is -1.39. The highest BCUT2D eigenvalue weighted by Gasteiger charge is 2.17. The third kappa shape index (κ3) is 26.2. The Morgan fingerprint density at radius 1 is 0.632 bits per heavy atom. The molecule has 0 heterocycles. The van der Waals surface area contributed by atoms with Crippen molar-refractivity contribution in [1.29, 1.82) is 0 Å². The summed E-state index contributed by atoms with van der Waals surface area (Å²) in [5, 5.41) is 22.6. The van der Waals surface area contributed by atoms with Gasteiger partial charge < -0.3 is 15.5 Å². The molecule has 0 aliphatic heterocycles. The number of amides is 1. The second-order valence-corrected chi connectivity index (χ2v) is 10.9. The number of aliphatic hydroxyl groups excluding tert-OH is 2. The minimum absolute atomic E-state index is 0.0909. The van der Waals surface area contributed by atoms with Crippen molar-refractivity contribution in [3.8, 4) is 0 Å². The first-order valence-corrected chi connectivity index (χ1v) is 16.2. The van der Waals surface area contributed by atoms with E-state index in [1.165, 1.54) is 116 Å². The summed E-state index contributed by atoms with van der Waals surface area (Å²) < 4.78 is 0. The largest absolute Gasteiger partial charge is 0.394 e. The number of carbonyl (C=O) groups excluding carboxylic acids is 1. The lowest BCUT2D eigenvalue weighted by atomic mass is 10.1. The van der Waals surface area contributed by atoms with Crippen LogP contribution in [0.15, 0.2) is 36.5 Å². The van der Waals surface area contributed by atoms with Crippen LogP contribution in [-0.2, 0) is 4.79 Å². The Kier molecular flexibility index (Phi) is 29.1. The molecule has 0 saturated heterocycles. The van der Waals surface area contributed by atoms with E-state index in [1.54, 1.807) is 12.2 Å². The molecule has 0 aromatic carbocycles. The normalized spacial score (nSPS) is 13.7. The SMILES string of the molecule is CCCCCCC/C=C/C=C/[C@@H](O)[C@H](CO)NC(=O)CCCCCCCCC/C=C/CCCCCCCC. The number of unbranched alkanes of at least 4 members (excludes halogenated alkanes) is 18. The topological polar surface area (TPSA) is 69.6 Å². The van der Waals surface area contributed by atoms with Gasteiger partial charge in [-0.25, -0.2) is 0 Å². The Balaban J connectivity index is 3.68. The number of nitrogens with one attached hydrogen (secondary N) is 1. The van der Waals surface area contributed by atoms with Gasteiger partial charge in [-0.3, -0.25) is 4.79 Å². The quantitative estimate of drug-likeness (QED) is 0.0533. The van der Waals surface area contributed by atoms with E-state index in [9.17, 15) is 15.0 Å². The van der Waals surface area contributed by atoms with Crippen LogP contribution in [0.5, 0.6) is 0 Å². The molecule has 0 rings (SSSR count). The summed E-state index contributed by atoms with van der Waals surface area (Å²) in [4.78, 5) is 12.2. The van der Waals surface area contributed by atoms with Crippen molar-refractivity contribution in [3.05, 3.63) is 36.5 Å². The second kappa shape index (κ2) is 30.2. The van der Waals surface area contributed by atoms with Crippen LogP contribution in [0.4, 0.5) is 0 Å². The van der Waals surface area contributed by atoms with Crippen LogP contribution in [0.2, 0.25) is 0 Å². The van der Waals surface area contributed by atoms with E-state index >= 15 is 0 Å². The molecule has 0 aromatic heterocycles. The summed E-state index contributed by atoms with van der Waals surface area (Å²) in [7, 11) is 0. The number of aliphatic hydroxyl groups is 2. The van der Waals surface area contributed by atoms with E-state index in [-0.39, 0.29) is 12.5 Å². The fourth-order valence-corrected chi connectivity index (χ4v) is 4.58. The van der Waals surface area contributed by atoms with Gasteiger partial charge in [0.25, 0.3) is 0 Å². The van der Waals surface area contributed by atoms with E-state index in [1.807, 2.05) is 6.08 Å². The highest BCUT2D eigenvalue weighted by Crippen LogP contribution is 2.11. The maximum absolute atomic E-state index is 12.2. The molecule has 2 atom stereocenters. The molecule has 4 nitrogen and oxygen atoms in total. The van der Waals surface area contributed by atoms with E-state index < -0.39 is 12.1 Å². The van der Waals surface area contributed by atoms with Gasteiger partial charge in [0, 0.05) is 6.42 Å². The Bertz CT molecular complexity index is 584. The van der Waals surface area contributed by atoms with Crippen LogP contribution in [0, 0.1) is 0 Å². The number of hydrogen-bond acceptors (Lipinski definition) is 3. The van der Waals surface area contributed by atoms with Crippen molar-refractivity contribution in [2.75, 3.05) is 6.61 Å². The van der Waals surface area contributed by atoms with Gasteiger partial charge in [0.15, 0.2) is 0 Å². The lowest BCUT2D eigenvalue weighted by Crippen LogP contribution is -2.45. The standard InChI is InChI=1S/C34H63NO3/c1-3-5-7-9-11-13-14-15-16-17-18-19-20-22-24-26-28-30-34(38)35-32(31-36)33(37)29-27-25-23-21-12-10-8-6-4-2/h15-16,23,25,27,29,32-33,36-37H,3-14,17-22,24,26,28,30-31H2,1-2H3,(H,35,38)/b16-15+,25-23+,29-27+/t32-,33+/m0/s1. The van der Waals surface area contributed by atoms with Gasteiger partial charge in [0.1, 0.15) is 0 Å². The molecule has 222 valence electrons. The molecule has 0 unspecified atom stereocenters. The molecule has 0 bridgehead atoms. The van der Waals surface area contributed by atoms with Gasteiger partial charge in [-0.2, -0.15) is 0 Å². The first-order chi connectivity index (χ1) is 18.7. The van der Waals surface area contributed by atoms with Gasteiger partial charge >= 0.3 is 0 Å². The predicted octanol–water partition coefficient (Wildman–Crippen LogP) is 9.12. The zero-order valence-electron chi connectivity index (χ0n) is 25.2. The Morgan fingerprint density at radius 3 is 1.58 bits per heavy atom. The molecular weight excluding hydrogens is 470 g/mol. The van der Waals surface area contributed by atoms with Crippen LogP contribution in [0.1, 0.15) is 155 Å². The predicted molar refractivity (Wildman–Crippen MR) is 165 cm³/mol. The van der Waals surface area contributed by atoms with E-state index in [4.69, 9.17) is 0 Å². The zero-order chi connectivity index (χ0) is 27.9. The Labute approximate surface area is 236 Å². The van der Waals surface area contributed by atoms with Crippen molar-refractivity contribution in [2.24, 2.45) is 0 Å². The minimum atomic E-state index is -0.886. The van der Waals surface area contributed by atoms with Crippen molar-refractivity contribution < 1.29 is 15.0 Å². The maximum atomic E-state index is 12.2. The third-order valence-corrected chi connectivity index (χ3v) is 7.15. The zero-order valence-corrected chi connectivity index (χ0v) is 25.2. The van der Waals surface area contributed by atoms with Crippen molar-refractivity contribution >= 4 is 5.91 Å². The summed E-state index contributed by atoms with van der Waals surface area (Å²) in [5.74, 6) is -0.0909. The van der Waals surface area contributed by atoms with Crippen LogP contribution >= 0.6 is 0 Å². The molecular formula is C34H63NO3. The fourth-order valence-electron chi connectivity index (χ4n) is 4.58. The first kappa shape index (κ1) is 36.6. The monoisotopic (exact) mass is 533 g/mol. The molecule has 0 aliphatic carbocycles. The molecule has 0 saturated carbocycles. The van der Waals surface area contributed by atoms with Gasteiger partial charge in [0.05, 0.1) is 18.8 Å². The minimum Gasteiger partial charge on any atom is -0.394 e. The summed E-state index contributed by atoms with van der Waals surface area (Å²) in [6, 6.07) is -0.652. The number of rotatable bonds is 28. The number of hydrogen-bond donors (Lipinski definition) is 3. The Morgan fingerprint density at radius 2 is 1.08 bits per heavy atom. The summed E-state index contributed by atoms with van der Waals surface area (Å²) in [6.45, 7) is 4.22. The van der Waals surface area contributed by atoms with Gasteiger partial charge in [-0.15, -0.1) is 0 Å². The molecule has 0 aliphatic rings. The van der Waals surface area contributed by atoms with Crippen LogP contribution in [0.3, 0.4) is 0 Å². The fraction of sp³-hybridized carbons (Fsp3) is 0.794. The van der Waals surface area contributed by atoms with Crippen molar-refractivity contribution in [3.63, 3.8) is 0 Å². The van der Waals surface area contributed by atoms with Crippen molar-refractivity contribution in [2.45, 2.75) is 167 Å². The van der Waals surface area contributed by atoms with Crippen molar-refractivity contribution in [1.82, 2.24) is 5.32 Å². The first-order valence-electron chi connectivity index (χ1n) is 16.2. The van der Waals surface area contributed by atoms with Crippen LogP contribution in [0.25, 0.3) is 0 Å². The lowest BCUT2D eigenvalue weighted by molar-refractivity contribution is -0.123. The summed E-state index contributed by atoms with van der Waals surface area (Å²) >= 11 is 0. The number of carbonyl (C=O) groups is 1. The molecule has 38 heavy (non-hydrogen) atoms. The second-order valence-electron chi connectivity index (χ2n) is 10.9. The summed E-state index contributed by atoms with van der Waals surface area (Å²) in [6.07, 6.45) is 38.0. The maximum Gasteiger partial charge on any atom is 0.220 e. The lowest BCUT2D eigenvalue weighted by Gasteiger charge is -2.19. The van der Waals surface area contributed by atoms with E-state index in [0.29, 0.717) is 6.42 Å². The molecule has 0 radical (unpaired) electrons. The van der Waals surface area contributed by atoms with Gasteiger partial charge in [0.2, 0.25) is 5.91 Å². The molecule has 4 heteroatoms. The van der Waals surface area contributed by atoms with Crippen LogP contribution in [-0.4, -0.2) is 34.9 Å². The van der Waals surface area contributed by atoms with Crippen LogP contribution < -0.4 is 5.32 Å². The highest BCUT2D eigenvalue weighted by molar-refractivity contribution is 5.76. The summed E-state index contributed by atoms with van der Waals surface area (Å²) in [5.41, 5.74) is 0. The molecule has 0 fully saturated rings. The van der Waals surface area contributed by atoms with Gasteiger partial charge in [-0.05, 0) is 44.9 Å². The number of allylic oxidation sites excluding steroid dienone is 5. The molecule has 0 spiro atoms. The molecule has 3 N–H and O–H groups in total.